The Bertz CT molecular complexity index is 270. The van der Waals surface area contributed by atoms with Gasteiger partial charge in [-0.15, -0.1) is 6.58 Å². The molecule has 0 heteroatoms. The Morgan fingerprint density at radius 3 is 2.47 bits per heavy atom. The number of allylic oxidation sites excluding steroid dienone is 3. The van der Waals surface area contributed by atoms with E-state index in [9.17, 15) is 0 Å². The third-order valence-electron chi connectivity index (χ3n) is 5.05. The van der Waals surface area contributed by atoms with Crippen molar-refractivity contribution in [2.75, 3.05) is 0 Å². The van der Waals surface area contributed by atoms with Crippen LogP contribution in [0.3, 0.4) is 0 Å². The highest BCUT2D eigenvalue weighted by molar-refractivity contribution is 5.17. The molecule has 2 bridgehead atoms. The van der Waals surface area contributed by atoms with Crippen molar-refractivity contribution >= 4 is 0 Å². The first-order valence-electron chi connectivity index (χ1n) is 6.71. The van der Waals surface area contributed by atoms with Gasteiger partial charge in [-0.3, -0.25) is 0 Å². The van der Waals surface area contributed by atoms with Gasteiger partial charge in [-0.1, -0.05) is 50.3 Å². The van der Waals surface area contributed by atoms with E-state index in [2.05, 4.69) is 24.8 Å². The summed E-state index contributed by atoms with van der Waals surface area (Å²) in [7, 11) is 0. The maximum absolute atomic E-state index is 4.07. The molecule has 0 radical (unpaired) electrons. The van der Waals surface area contributed by atoms with Gasteiger partial charge in [0, 0.05) is 0 Å². The second kappa shape index (κ2) is 3.81. The molecule has 3 aliphatic carbocycles. The Hall–Kier alpha value is -0.520. The smallest absolute Gasteiger partial charge is 0.0136 e. The van der Waals surface area contributed by atoms with E-state index in [0.29, 0.717) is 0 Å². The Morgan fingerprint density at radius 1 is 1.00 bits per heavy atom. The van der Waals surface area contributed by atoms with Crippen LogP contribution >= 0.6 is 0 Å². The lowest BCUT2D eigenvalue weighted by molar-refractivity contribution is 0.187. The Kier molecular flexibility index (Phi) is 2.46. The summed E-state index contributed by atoms with van der Waals surface area (Å²) in [6.07, 6.45) is 16.1. The first-order chi connectivity index (χ1) is 7.40. The van der Waals surface area contributed by atoms with Gasteiger partial charge in [0.05, 0.1) is 0 Å². The quantitative estimate of drug-likeness (QED) is 0.589. The van der Waals surface area contributed by atoms with E-state index in [-0.39, 0.29) is 0 Å². The molecular weight excluding hydrogens is 180 g/mol. The summed E-state index contributed by atoms with van der Waals surface area (Å²) < 4.78 is 0. The average molecular weight is 202 g/mol. The highest BCUT2D eigenvalue weighted by Crippen LogP contribution is 2.53. The molecule has 2 fully saturated rings. The Labute approximate surface area is 93.5 Å². The van der Waals surface area contributed by atoms with Crippen LogP contribution in [0.5, 0.6) is 0 Å². The SMILES string of the molecule is C=CC1C2C=CC(C2)C1C1CCCCC1. The number of rotatable bonds is 2. The van der Waals surface area contributed by atoms with Crippen molar-refractivity contribution in [2.24, 2.45) is 29.6 Å². The van der Waals surface area contributed by atoms with Crippen molar-refractivity contribution in [1.29, 1.82) is 0 Å². The molecule has 0 nitrogen and oxygen atoms in total. The predicted octanol–water partition coefficient (Wildman–Crippen LogP) is 4.19. The summed E-state index contributed by atoms with van der Waals surface area (Å²) >= 11 is 0. The van der Waals surface area contributed by atoms with E-state index in [4.69, 9.17) is 0 Å². The predicted molar refractivity (Wildman–Crippen MR) is 64.5 cm³/mol. The molecule has 0 heterocycles. The summed E-state index contributed by atoms with van der Waals surface area (Å²) in [5.41, 5.74) is 0. The van der Waals surface area contributed by atoms with Crippen LogP contribution in [0, 0.1) is 29.6 Å². The molecule has 4 unspecified atom stereocenters. The van der Waals surface area contributed by atoms with Crippen LogP contribution in [-0.2, 0) is 0 Å². The van der Waals surface area contributed by atoms with Crippen LogP contribution in [0.1, 0.15) is 38.5 Å². The van der Waals surface area contributed by atoms with Crippen molar-refractivity contribution < 1.29 is 0 Å². The third kappa shape index (κ3) is 1.49. The summed E-state index contributed by atoms with van der Waals surface area (Å²) in [5.74, 6) is 4.53. The highest BCUT2D eigenvalue weighted by atomic mass is 14.5. The molecule has 0 N–H and O–H groups in total. The first-order valence-corrected chi connectivity index (χ1v) is 6.71. The molecule has 0 aromatic rings. The van der Waals surface area contributed by atoms with Crippen molar-refractivity contribution in [3.63, 3.8) is 0 Å². The zero-order chi connectivity index (χ0) is 10.3. The van der Waals surface area contributed by atoms with Gasteiger partial charge in [-0.25, -0.2) is 0 Å². The maximum Gasteiger partial charge on any atom is -0.0136 e. The molecule has 0 amide bonds. The summed E-state index contributed by atoms with van der Waals surface area (Å²) in [6.45, 7) is 4.07. The van der Waals surface area contributed by atoms with Gasteiger partial charge >= 0.3 is 0 Å². The topological polar surface area (TPSA) is 0 Å². The van der Waals surface area contributed by atoms with Gasteiger partial charge in [0.25, 0.3) is 0 Å². The van der Waals surface area contributed by atoms with Crippen LogP contribution in [-0.4, -0.2) is 0 Å². The minimum absolute atomic E-state index is 0.808. The molecule has 2 saturated carbocycles. The van der Waals surface area contributed by atoms with Gasteiger partial charge in [0.15, 0.2) is 0 Å². The monoisotopic (exact) mass is 202 g/mol. The van der Waals surface area contributed by atoms with Crippen molar-refractivity contribution in [1.82, 2.24) is 0 Å². The van der Waals surface area contributed by atoms with Crippen molar-refractivity contribution in [2.45, 2.75) is 38.5 Å². The lowest BCUT2D eigenvalue weighted by Crippen LogP contribution is -2.27. The van der Waals surface area contributed by atoms with E-state index in [1.54, 1.807) is 0 Å². The molecule has 4 atom stereocenters. The molecule has 15 heavy (non-hydrogen) atoms. The van der Waals surface area contributed by atoms with E-state index >= 15 is 0 Å². The average Bonchev–Trinajstić information content (AvgIpc) is 2.89. The van der Waals surface area contributed by atoms with Crippen LogP contribution in [0.25, 0.3) is 0 Å². The molecule has 0 spiro atoms. The third-order valence-corrected chi connectivity index (χ3v) is 5.05. The largest absolute Gasteiger partial charge is 0.103 e. The molecule has 0 aromatic heterocycles. The normalized spacial score (nSPS) is 44.8. The molecule has 0 aliphatic heterocycles. The number of fused-ring (bicyclic) bond motifs is 2. The fourth-order valence-electron chi connectivity index (χ4n) is 4.41. The lowest BCUT2D eigenvalue weighted by atomic mass is 9.70. The standard InChI is InChI=1S/C15H22/c1-2-14-12-8-9-13(10-12)15(14)11-6-4-3-5-7-11/h2,8-9,11-15H,1,3-7,10H2. The van der Waals surface area contributed by atoms with Crippen molar-refractivity contribution in [3.8, 4) is 0 Å². The van der Waals surface area contributed by atoms with Crippen LogP contribution in [0.4, 0.5) is 0 Å². The minimum atomic E-state index is 0.808. The van der Waals surface area contributed by atoms with Crippen molar-refractivity contribution in [3.05, 3.63) is 24.8 Å². The molecular formula is C15H22. The van der Waals surface area contributed by atoms with Gasteiger partial charge in [0.2, 0.25) is 0 Å². The zero-order valence-corrected chi connectivity index (χ0v) is 9.57. The van der Waals surface area contributed by atoms with Gasteiger partial charge in [-0.2, -0.15) is 0 Å². The molecule has 3 aliphatic rings. The summed E-state index contributed by atoms with van der Waals surface area (Å²) in [5, 5.41) is 0. The van der Waals surface area contributed by atoms with E-state index in [1.165, 1.54) is 38.5 Å². The molecule has 0 aromatic carbocycles. The summed E-state index contributed by atoms with van der Waals surface area (Å²) in [6, 6.07) is 0. The van der Waals surface area contributed by atoms with Gasteiger partial charge in [0.1, 0.15) is 0 Å². The first kappa shape index (κ1) is 9.69. The second-order valence-electron chi connectivity index (χ2n) is 5.74. The highest BCUT2D eigenvalue weighted by Gasteiger charge is 2.46. The summed E-state index contributed by atoms with van der Waals surface area (Å²) in [4.78, 5) is 0. The molecule has 0 saturated heterocycles. The minimum Gasteiger partial charge on any atom is -0.103 e. The number of hydrogen-bond acceptors (Lipinski definition) is 0. The van der Waals surface area contributed by atoms with E-state index in [0.717, 1.165) is 29.6 Å². The fraction of sp³-hybridized carbons (Fsp3) is 0.733. The fourth-order valence-corrected chi connectivity index (χ4v) is 4.41. The second-order valence-corrected chi connectivity index (χ2v) is 5.74. The maximum atomic E-state index is 4.07. The van der Waals surface area contributed by atoms with E-state index < -0.39 is 0 Å². The van der Waals surface area contributed by atoms with Gasteiger partial charge < -0.3 is 0 Å². The van der Waals surface area contributed by atoms with Crippen LogP contribution in [0.15, 0.2) is 24.8 Å². The zero-order valence-electron chi connectivity index (χ0n) is 9.57. The van der Waals surface area contributed by atoms with Crippen LogP contribution < -0.4 is 0 Å². The van der Waals surface area contributed by atoms with Crippen LogP contribution in [0.2, 0.25) is 0 Å². The molecule has 82 valence electrons. The lowest BCUT2D eigenvalue weighted by Gasteiger charge is -2.35. The Morgan fingerprint density at radius 2 is 1.73 bits per heavy atom. The van der Waals surface area contributed by atoms with E-state index in [1.807, 2.05) is 0 Å². The Balaban J connectivity index is 1.78. The van der Waals surface area contributed by atoms with Gasteiger partial charge in [-0.05, 0) is 36.0 Å². The molecule has 3 rings (SSSR count). The number of hydrogen-bond donors (Lipinski definition) is 0.